The molecule has 1 N–H and O–H groups in total. The molecule has 3 rings (SSSR count). The van der Waals surface area contributed by atoms with E-state index in [4.69, 9.17) is 4.74 Å². The Morgan fingerprint density at radius 2 is 2.03 bits per heavy atom. The summed E-state index contributed by atoms with van der Waals surface area (Å²) in [6.07, 6.45) is 5.06. The van der Waals surface area contributed by atoms with Crippen LogP contribution in [0, 0.1) is 29.1 Å². The van der Waals surface area contributed by atoms with Crippen LogP contribution < -0.4 is 10.1 Å². The van der Waals surface area contributed by atoms with Crippen LogP contribution in [0.4, 0.5) is 4.39 Å². The molecule has 1 aromatic carbocycles. The molecule has 1 atom stereocenters. The van der Waals surface area contributed by atoms with Crippen LogP contribution >= 0.6 is 11.3 Å². The lowest BCUT2D eigenvalue weighted by Gasteiger charge is -2.34. The second-order valence-electron chi connectivity index (χ2n) is 9.48. The maximum atomic E-state index is 12.9. The van der Waals surface area contributed by atoms with E-state index in [2.05, 4.69) is 58.6 Å². The molecule has 1 fully saturated rings. The number of piperidine rings is 1. The second-order valence-corrected chi connectivity index (χ2v) is 10.4. The van der Waals surface area contributed by atoms with Gasteiger partial charge in [-0.3, -0.25) is 0 Å². The second kappa shape index (κ2) is 14.2. The molecule has 0 bridgehead atoms. The first-order valence-electron chi connectivity index (χ1n) is 12.7. The fourth-order valence-corrected chi connectivity index (χ4v) is 5.70. The summed E-state index contributed by atoms with van der Waals surface area (Å²) in [5, 5.41) is 15.7. The molecule has 5 nitrogen and oxygen atoms in total. The lowest BCUT2D eigenvalue weighted by atomic mass is 9.73. The molecule has 35 heavy (non-hydrogen) atoms. The van der Waals surface area contributed by atoms with Crippen LogP contribution in [-0.4, -0.2) is 50.3 Å². The highest BCUT2D eigenvalue weighted by atomic mass is 32.1. The molecule has 0 aliphatic carbocycles. The van der Waals surface area contributed by atoms with Crippen molar-refractivity contribution in [3.8, 4) is 17.9 Å². The lowest BCUT2D eigenvalue weighted by molar-refractivity contribution is 0.189. The molecule has 188 valence electrons. The number of rotatable bonds is 12. The van der Waals surface area contributed by atoms with Gasteiger partial charge in [0.1, 0.15) is 11.6 Å². The molecular weight excluding hydrogens is 459 g/mol. The molecule has 0 amide bonds. The van der Waals surface area contributed by atoms with Gasteiger partial charge in [0.05, 0.1) is 17.9 Å². The third-order valence-corrected chi connectivity index (χ3v) is 7.89. The summed E-state index contributed by atoms with van der Waals surface area (Å²) in [7, 11) is 0. The normalized spacial score (nSPS) is 16.3. The molecule has 7 heteroatoms. The molecule has 1 aromatic heterocycles. The van der Waals surface area contributed by atoms with Gasteiger partial charge < -0.3 is 15.0 Å². The highest BCUT2D eigenvalue weighted by molar-refractivity contribution is 7.10. The fourth-order valence-electron chi connectivity index (χ4n) is 4.64. The van der Waals surface area contributed by atoms with E-state index in [0.717, 1.165) is 58.3 Å². The minimum atomic E-state index is -0.362. The molecule has 1 aliphatic rings. The maximum Gasteiger partial charge on any atom is 0.296 e. The van der Waals surface area contributed by atoms with Gasteiger partial charge in [0, 0.05) is 17.5 Å². The first-order chi connectivity index (χ1) is 17.0. The van der Waals surface area contributed by atoms with Crippen molar-refractivity contribution in [3.63, 3.8) is 0 Å². The number of halogens is 1. The highest BCUT2D eigenvalue weighted by Crippen LogP contribution is 2.39. The van der Waals surface area contributed by atoms with Crippen molar-refractivity contribution in [1.82, 2.24) is 10.2 Å². The Morgan fingerprint density at radius 1 is 1.26 bits per heavy atom. The molecule has 0 spiro atoms. The lowest BCUT2D eigenvalue weighted by Crippen LogP contribution is -2.43. The van der Waals surface area contributed by atoms with E-state index in [0.29, 0.717) is 30.9 Å². The topological polar surface area (TPSA) is 52.7 Å². The first-order valence-corrected chi connectivity index (χ1v) is 13.6. The third-order valence-electron chi connectivity index (χ3n) is 6.85. The van der Waals surface area contributed by atoms with E-state index < -0.39 is 0 Å². The number of hydrogen-bond acceptors (Lipinski definition) is 5. The average molecular weight is 498 g/mol. The SMILES string of the molecule is CC(C)C(C#N)(CCCN1CCC(NCCC#[N+]CCOc2ccc(F)cc2)CC1)c1cccs1. The van der Waals surface area contributed by atoms with Gasteiger partial charge >= 0.3 is 0 Å². The van der Waals surface area contributed by atoms with Crippen LogP contribution in [0.3, 0.4) is 0 Å². The monoisotopic (exact) mass is 497 g/mol. The number of ether oxygens (including phenoxy) is 1. The van der Waals surface area contributed by atoms with Crippen LogP contribution in [0.2, 0.25) is 0 Å². The summed E-state index contributed by atoms with van der Waals surface area (Å²) >= 11 is 1.71. The van der Waals surface area contributed by atoms with Crippen LogP contribution in [0.15, 0.2) is 41.8 Å². The Bertz CT molecular complexity index is 969. The van der Waals surface area contributed by atoms with Crippen LogP contribution in [0.1, 0.15) is 50.8 Å². The molecule has 2 aromatic rings. The minimum absolute atomic E-state index is 0.264. The van der Waals surface area contributed by atoms with E-state index in [1.54, 1.807) is 23.5 Å². The fraction of sp³-hybridized carbons (Fsp3) is 0.571. The standard InChI is InChI=1S/C28H38FN4OS/c1-23(2)28(22-30,27-6-3-21-35-27)13-4-17-33-18-11-25(12-19-33)32-15-5-14-31-16-20-34-26-9-7-24(29)8-10-26/h3,6-10,21,23,25,32H,4-5,11-13,15-20H2,1-2H3/q+1. The summed E-state index contributed by atoms with van der Waals surface area (Å²) < 4.78 is 18.4. The van der Waals surface area contributed by atoms with Gasteiger partial charge in [-0.15, -0.1) is 11.3 Å². The quantitative estimate of drug-likeness (QED) is 0.369. The molecule has 1 aliphatic heterocycles. The highest BCUT2D eigenvalue weighted by Gasteiger charge is 2.36. The van der Waals surface area contributed by atoms with E-state index in [1.165, 1.54) is 17.0 Å². The van der Waals surface area contributed by atoms with Gasteiger partial charge in [-0.05, 0) is 86.9 Å². The van der Waals surface area contributed by atoms with Gasteiger partial charge in [-0.25, -0.2) is 4.39 Å². The summed E-state index contributed by atoms with van der Waals surface area (Å²) in [5.41, 5.74) is -0.362. The van der Waals surface area contributed by atoms with Crippen molar-refractivity contribution >= 4 is 11.3 Å². The maximum absolute atomic E-state index is 12.9. The number of nitrogens with one attached hydrogen (secondary N) is 1. The summed E-state index contributed by atoms with van der Waals surface area (Å²) in [6.45, 7) is 9.51. The Balaban J connectivity index is 1.26. The largest absolute Gasteiger partial charge is 0.486 e. The zero-order valence-electron chi connectivity index (χ0n) is 21.0. The van der Waals surface area contributed by atoms with Crippen molar-refractivity contribution < 1.29 is 9.13 Å². The zero-order chi connectivity index (χ0) is 24.9. The summed E-state index contributed by atoms with van der Waals surface area (Å²) in [6, 6.07) is 16.5. The van der Waals surface area contributed by atoms with Crippen molar-refractivity contribution in [2.45, 2.75) is 57.4 Å². The van der Waals surface area contributed by atoms with Crippen molar-refractivity contribution in [2.75, 3.05) is 39.3 Å². The predicted octanol–water partition coefficient (Wildman–Crippen LogP) is 5.94. The van der Waals surface area contributed by atoms with Gasteiger partial charge in [-0.2, -0.15) is 5.26 Å². The van der Waals surface area contributed by atoms with Gasteiger partial charge in [0.15, 0.2) is 6.61 Å². The number of likely N-dealkylation sites (tertiary alicyclic amines) is 1. The molecule has 0 saturated carbocycles. The number of nitriles is 1. The number of thiophene rings is 1. The van der Waals surface area contributed by atoms with E-state index in [1.807, 2.05) is 0 Å². The molecular formula is C28H38FN4OS+. The third kappa shape index (κ3) is 8.32. The Kier molecular flexibility index (Phi) is 11.0. The van der Waals surface area contributed by atoms with Crippen LogP contribution in [0.25, 0.3) is 4.85 Å². The molecule has 1 saturated heterocycles. The predicted molar refractivity (Wildman–Crippen MR) is 142 cm³/mol. The first kappa shape index (κ1) is 27.1. The van der Waals surface area contributed by atoms with E-state index >= 15 is 0 Å². The molecule has 0 radical (unpaired) electrons. The molecule has 2 heterocycles. The summed E-state index contributed by atoms with van der Waals surface area (Å²) in [5.74, 6) is 0.699. The van der Waals surface area contributed by atoms with Crippen molar-refractivity contribution in [2.24, 2.45) is 5.92 Å². The van der Waals surface area contributed by atoms with E-state index in [-0.39, 0.29) is 11.2 Å². The Hall–Kier alpha value is -2.45. The number of hydrogen-bond donors (Lipinski definition) is 1. The number of benzene rings is 1. The van der Waals surface area contributed by atoms with Crippen molar-refractivity contribution in [1.29, 1.82) is 5.26 Å². The van der Waals surface area contributed by atoms with Gasteiger partial charge in [-0.1, -0.05) is 24.8 Å². The number of nitrogens with zero attached hydrogens (tertiary/aromatic N) is 3. The van der Waals surface area contributed by atoms with Gasteiger partial charge in [0.2, 0.25) is 0 Å². The Labute approximate surface area is 213 Å². The minimum Gasteiger partial charge on any atom is -0.486 e. The van der Waals surface area contributed by atoms with Crippen LogP contribution in [-0.2, 0) is 5.41 Å². The molecule has 1 unspecified atom stereocenters. The summed E-state index contributed by atoms with van der Waals surface area (Å²) in [4.78, 5) is 8.02. The smallest absolute Gasteiger partial charge is 0.296 e. The van der Waals surface area contributed by atoms with Crippen LogP contribution in [0.5, 0.6) is 5.75 Å². The zero-order valence-corrected chi connectivity index (χ0v) is 21.8. The Morgan fingerprint density at radius 3 is 2.69 bits per heavy atom. The average Bonchev–Trinajstić information content (AvgIpc) is 3.41. The van der Waals surface area contributed by atoms with Gasteiger partial charge in [0.25, 0.3) is 12.6 Å². The van der Waals surface area contributed by atoms with E-state index in [9.17, 15) is 9.65 Å². The van der Waals surface area contributed by atoms with Crippen molar-refractivity contribution in [3.05, 3.63) is 57.3 Å².